The summed E-state index contributed by atoms with van der Waals surface area (Å²) < 4.78 is 28.0. The van der Waals surface area contributed by atoms with Crippen LogP contribution < -0.4 is 11.1 Å². The summed E-state index contributed by atoms with van der Waals surface area (Å²) >= 11 is 0. The minimum absolute atomic E-state index is 0.0452. The minimum atomic E-state index is -0.967. The zero-order chi connectivity index (χ0) is 30.9. The maximum Gasteiger partial charge on any atom is 0.405 e. The standard InChI is InChI=1S/C30H42N2O9/c1-16-12-20-25(34)21(15-22(33)28(20)40-8)32-29(35)17(2)10-9-11-23(37-5)27(41-30(31)36)19(4)14-18(3)26(39-7)24(13-16)38-6/h9-11,14-16,18,23-24,26-27H,12-13H2,1-8H3,(H2,31,36)(H,32,35)/b11-9-,17-10+,19-14+/t16-,18+,23+,24+,26-,27+/m1/s1. The summed E-state index contributed by atoms with van der Waals surface area (Å²) in [6.45, 7) is 7.23. The molecule has 2 aliphatic rings. The van der Waals surface area contributed by atoms with Crippen molar-refractivity contribution < 1.29 is 42.9 Å². The van der Waals surface area contributed by atoms with Crippen LogP contribution in [-0.4, -0.2) is 76.4 Å². The van der Waals surface area contributed by atoms with Crippen LogP contribution in [0.4, 0.5) is 4.79 Å². The lowest BCUT2D eigenvalue weighted by Gasteiger charge is -2.32. The van der Waals surface area contributed by atoms with Gasteiger partial charge in [0, 0.05) is 44.5 Å². The van der Waals surface area contributed by atoms with Gasteiger partial charge in [0.15, 0.2) is 11.9 Å². The summed E-state index contributed by atoms with van der Waals surface area (Å²) in [4.78, 5) is 50.9. The van der Waals surface area contributed by atoms with Crippen molar-refractivity contribution in [1.29, 1.82) is 0 Å². The Morgan fingerprint density at radius 2 is 1.71 bits per heavy atom. The second kappa shape index (κ2) is 15.5. The van der Waals surface area contributed by atoms with Gasteiger partial charge in [0.05, 0.1) is 25.0 Å². The molecule has 0 radical (unpaired) electrons. The van der Waals surface area contributed by atoms with Crippen LogP contribution in [0.1, 0.15) is 40.5 Å². The van der Waals surface area contributed by atoms with E-state index < -0.39 is 48.0 Å². The van der Waals surface area contributed by atoms with Gasteiger partial charge in [-0.05, 0) is 38.2 Å². The van der Waals surface area contributed by atoms with Crippen LogP contribution in [0.5, 0.6) is 0 Å². The number of methoxy groups -OCH3 is 4. The largest absolute Gasteiger partial charge is 0.492 e. The highest BCUT2D eigenvalue weighted by Gasteiger charge is 2.34. The second-order valence-electron chi connectivity index (χ2n) is 10.3. The van der Waals surface area contributed by atoms with Crippen molar-refractivity contribution in [3.63, 3.8) is 0 Å². The van der Waals surface area contributed by atoms with E-state index in [1.807, 2.05) is 19.9 Å². The summed E-state index contributed by atoms with van der Waals surface area (Å²) in [5, 5.41) is 2.55. The number of amides is 2. The molecule has 6 atom stereocenters. The van der Waals surface area contributed by atoms with Crippen molar-refractivity contribution in [2.24, 2.45) is 17.6 Å². The van der Waals surface area contributed by atoms with Crippen LogP contribution in [0, 0.1) is 11.8 Å². The van der Waals surface area contributed by atoms with Gasteiger partial charge in [0.1, 0.15) is 6.10 Å². The lowest BCUT2D eigenvalue weighted by Crippen LogP contribution is -2.38. The first kappa shape index (κ1) is 33.7. The average molecular weight is 575 g/mol. The van der Waals surface area contributed by atoms with E-state index in [2.05, 4.69) is 5.32 Å². The van der Waals surface area contributed by atoms with Crippen LogP contribution in [0.2, 0.25) is 0 Å². The Kier molecular flexibility index (Phi) is 12.7. The van der Waals surface area contributed by atoms with Gasteiger partial charge in [0.25, 0.3) is 5.91 Å². The first-order valence-electron chi connectivity index (χ1n) is 13.3. The molecule has 1 heterocycles. The molecular weight excluding hydrogens is 532 g/mol. The van der Waals surface area contributed by atoms with Crippen LogP contribution >= 0.6 is 0 Å². The number of Topliss-reactive ketones (excluding diaryl/α,β-unsaturated/α-hetero) is 1. The molecule has 0 spiro atoms. The van der Waals surface area contributed by atoms with Crippen LogP contribution in [-0.2, 0) is 38.1 Å². The van der Waals surface area contributed by atoms with Gasteiger partial charge >= 0.3 is 6.09 Å². The Hall–Kier alpha value is -3.54. The molecule has 2 bridgehead atoms. The zero-order valence-electron chi connectivity index (χ0n) is 25.0. The van der Waals surface area contributed by atoms with Crippen LogP contribution in [0.15, 0.2) is 58.6 Å². The Balaban J connectivity index is 2.64. The highest BCUT2D eigenvalue weighted by atomic mass is 16.6. The molecule has 2 rings (SSSR count). The third-order valence-electron chi connectivity index (χ3n) is 7.18. The number of rotatable bonds is 5. The molecule has 3 N–H and O–H groups in total. The van der Waals surface area contributed by atoms with Crippen molar-refractivity contribution >= 4 is 23.6 Å². The summed E-state index contributed by atoms with van der Waals surface area (Å²) in [5.74, 6) is -1.95. The first-order valence-corrected chi connectivity index (χ1v) is 13.3. The Morgan fingerprint density at radius 3 is 2.27 bits per heavy atom. The number of fused-ring (bicyclic) bond motifs is 2. The molecule has 226 valence electrons. The number of ketones is 2. The number of carbonyl (C=O) groups is 4. The molecule has 11 heteroatoms. The number of hydrogen-bond acceptors (Lipinski definition) is 9. The topological polar surface area (TPSA) is 152 Å². The lowest BCUT2D eigenvalue weighted by atomic mass is 9.85. The molecule has 0 saturated carbocycles. The summed E-state index contributed by atoms with van der Waals surface area (Å²) in [6.07, 6.45) is 5.00. The third-order valence-corrected chi connectivity index (χ3v) is 7.18. The molecule has 11 nitrogen and oxygen atoms in total. The highest BCUT2D eigenvalue weighted by molar-refractivity contribution is 6.23. The summed E-state index contributed by atoms with van der Waals surface area (Å²) in [6, 6.07) is 0. The van der Waals surface area contributed by atoms with E-state index in [-0.39, 0.29) is 40.9 Å². The van der Waals surface area contributed by atoms with E-state index in [9.17, 15) is 19.2 Å². The van der Waals surface area contributed by atoms with E-state index in [4.69, 9.17) is 29.4 Å². The van der Waals surface area contributed by atoms with Crippen molar-refractivity contribution in [3.05, 3.63) is 58.6 Å². The third kappa shape index (κ3) is 8.72. The molecule has 0 unspecified atom stereocenters. The van der Waals surface area contributed by atoms with Gasteiger partial charge in [-0.3, -0.25) is 14.4 Å². The number of carbonyl (C=O) groups excluding carboxylic acids is 4. The van der Waals surface area contributed by atoms with Crippen molar-refractivity contribution in [2.45, 2.75) is 65.0 Å². The molecule has 0 fully saturated rings. The smallest absolute Gasteiger partial charge is 0.405 e. The van der Waals surface area contributed by atoms with E-state index in [1.165, 1.54) is 20.3 Å². The SMILES string of the molecule is COC1=C2C[C@@H](C)C[C@H](OC)[C@H](OC)[C@@H](C)/C=C(\C)[C@H](OC(N)=O)[C@@H](OC)/C=C\C=C(/C)C(=O)NC(=CC1=O)C2=O. The molecule has 0 aromatic rings. The number of nitrogens with one attached hydrogen (secondary N) is 1. The number of ether oxygens (including phenoxy) is 5. The van der Waals surface area contributed by atoms with E-state index in [0.29, 0.717) is 12.0 Å². The maximum absolute atomic E-state index is 13.4. The molecule has 0 saturated heterocycles. The van der Waals surface area contributed by atoms with Crippen LogP contribution in [0.25, 0.3) is 0 Å². The number of nitrogens with two attached hydrogens (primary N) is 1. The normalized spacial score (nSPS) is 32.2. The monoisotopic (exact) mass is 574 g/mol. The fourth-order valence-corrected chi connectivity index (χ4v) is 5.13. The molecule has 0 aromatic heterocycles. The second-order valence-corrected chi connectivity index (χ2v) is 10.3. The van der Waals surface area contributed by atoms with E-state index >= 15 is 0 Å². The van der Waals surface area contributed by atoms with Gasteiger partial charge in [-0.25, -0.2) is 4.79 Å². The number of allylic oxidation sites excluding steroid dienone is 4. The minimum Gasteiger partial charge on any atom is -0.492 e. The van der Waals surface area contributed by atoms with Gasteiger partial charge < -0.3 is 34.7 Å². The number of hydrogen-bond donors (Lipinski definition) is 2. The quantitative estimate of drug-likeness (QED) is 0.373. The van der Waals surface area contributed by atoms with Crippen molar-refractivity contribution in [1.82, 2.24) is 5.32 Å². The van der Waals surface area contributed by atoms with Gasteiger partial charge in [-0.2, -0.15) is 0 Å². The highest BCUT2D eigenvalue weighted by Crippen LogP contribution is 2.30. The molecule has 2 amide bonds. The molecule has 0 aromatic carbocycles. The Bertz CT molecular complexity index is 1160. The van der Waals surface area contributed by atoms with Gasteiger partial charge in [0.2, 0.25) is 11.6 Å². The molecule has 1 aliphatic heterocycles. The molecule has 41 heavy (non-hydrogen) atoms. The van der Waals surface area contributed by atoms with E-state index in [0.717, 1.165) is 6.08 Å². The maximum atomic E-state index is 13.4. The van der Waals surface area contributed by atoms with Crippen LogP contribution in [0.3, 0.4) is 0 Å². The number of primary amides is 1. The predicted molar refractivity (Wildman–Crippen MR) is 151 cm³/mol. The van der Waals surface area contributed by atoms with Crippen molar-refractivity contribution in [3.8, 4) is 0 Å². The molecular formula is C30H42N2O9. The van der Waals surface area contributed by atoms with Gasteiger partial charge in [-0.1, -0.05) is 38.2 Å². The predicted octanol–water partition coefficient (Wildman–Crippen LogP) is 3.06. The Labute approximate surface area is 241 Å². The van der Waals surface area contributed by atoms with E-state index in [1.54, 1.807) is 40.2 Å². The first-order chi connectivity index (χ1) is 19.4. The van der Waals surface area contributed by atoms with Crippen molar-refractivity contribution in [2.75, 3.05) is 28.4 Å². The summed E-state index contributed by atoms with van der Waals surface area (Å²) in [5.41, 5.74) is 6.36. The lowest BCUT2D eigenvalue weighted by molar-refractivity contribution is -0.120. The molecule has 1 aliphatic carbocycles. The Morgan fingerprint density at radius 1 is 1.02 bits per heavy atom. The average Bonchev–Trinajstić information content (AvgIpc) is 2.91. The fraction of sp³-hybridized carbons (Fsp3) is 0.533. The van der Waals surface area contributed by atoms with Gasteiger partial charge in [-0.15, -0.1) is 0 Å². The zero-order valence-corrected chi connectivity index (χ0v) is 25.0. The summed E-state index contributed by atoms with van der Waals surface area (Å²) in [7, 11) is 5.95. The fourth-order valence-electron chi connectivity index (χ4n) is 5.13.